The van der Waals surface area contributed by atoms with E-state index in [1.165, 1.54) is 5.06 Å². The number of aliphatic hydroxyl groups is 1. The van der Waals surface area contributed by atoms with Crippen LogP contribution >= 0.6 is 11.6 Å². The molecule has 5 rings (SSSR count). The maximum atomic E-state index is 13.4. The first-order valence-corrected chi connectivity index (χ1v) is 11.0. The Bertz CT molecular complexity index is 954. The standard InChI is InChI=1S/C21H28ClN5O4/c1-11-7-13(22)3-4-14(11)20(5-6-20)18(29)31-16-8-26-19(23)25-15(9-28)17-21(26,12(16)2)27(30)10-24-17/h3-4,7,12,15-17,24,28,30H,5-6,8-10H2,1-2H3,(H2,23,25). The zero-order chi connectivity index (χ0) is 22.1. The maximum Gasteiger partial charge on any atom is 0.316 e. The Morgan fingerprint density at radius 2 is 2.19 bits per heavy atom. The molecule has 0 radical (unpaired) electrons. The first-order chi connectivity index (χ1) is 14.8. The average Bonchev–Trinajstić information content (AvgIpc) is 3.39. The third kappa shape index (κ3) is 2.77. The molecule has 3 fully saturated rings. The number of hydrogen-bond donors (Lipinski definition) is 4. The van der Waals surface area contributed by atoms with Crippen molar-refractivity contribution in [1.82, 2.24) is 15.3 Å². The summed E-state index contributed by atoms with van der Waals surface area (Å²) in [6.07, 6.45) is 0.980. The third-order valence-electron chi connectivity index (χ3n) is 7.60. The van der Waals surface area contributed by atoms with E-state index in [0.29, 0.717) is 11.6 Å². The fraction of sp³-hybridized carbons (Fsp3) is 0.619. The SMILES string of the molecule is Cc1cc(Cl)ccc1C1(C(=O)OC2CN3C(N)=NC(CO)C4NCN(O)C43C2C)CC1. The van der Waals surface area contributed by atoms with Crippen LogP contribution < -0.4 is 11.1 Å². The van der Waals surface area contributed by atoms with Crippen molar-refractivity contribution in [2.75, 3.05) is 19.8 Å². The Morgan fingerprint density at radius 1 is 1.45 bits per heavy atom. The van der Waals surface area contributed by atoms with Crippen molar-refractivity contribution in [2.24, 2.45) is 16.6 Å². The summed E-state index contributed by atoms with van der Waals surface area (Å²) < 4.78 is 6.10. The van der Waals surface area contributed by atoms with Gasteiger partial charge in [-0.1, -0.05) is 24.6 Å². The van der Waals surface area contributed by atoms with Gasteiger partial charge in [0.1, 0.15) is 11.8 Å². The van der Waals surface area contributed by atoms with E-state index in [0.717, 1.165) is 24.0 Å². The second kappa shape index (κ2) is 7.05. The monoisotopic (exact) mass is 449 g/mol. The van der Waals surface area contributed by atoms with Crippen LogP contribution in [-0.4, -0.2) is 75.9 Å². The lowest BCUT2D eigenvalue weighted by molar-refractivity contribution is -0.206. The summed E-state index contributed by atoms with van der Waals surface area (Å²) in [7, 11) is 0. The zero-order valence-corrected chi connectivity index (χ0v) is 18.3. The minimum absolute atomic E-state index is 0.197. The van der Waals surface area contributed by atoms with Crippen LogP contribution in [0.3, 0.4) is 0 Å². The van der Waals surface area contributed by atoms with Crippen LogP contribution in [0.2, 0.25) is 5.02 Å². The first-order valence-electron chi connectivity index (χ1n) is 10.6. The third-order valence-corrected chi connectivity index (χ3v) is 7.84. The molecule has 5 atom stereocenters. The van der Waals surface area contributed by atoms with Crippen molar-refractivity contribution < 1.29 is 19.8 Å². The summed E-state index contributed by atoms with van der Waals surface area (Å²) in [6.45, 7) is 4.24. The number of aliphatic imine (C=N–C) groups is 1. The number of halogens is 1. The molecule has 1 aliphatic carbocycles. The van der Waals surface area contributed by atoms with Crippen LogP contribution in [-0.2, 0) is 14.9 Å². The molecule has 3 heterocycles. The fourth-order valence-corrected chi connectivity index (χ4v) is 6.10. The number of nitrogens with one attached hydrogen (secondary N) is 1. The quantitative estimate of drug-likeness (QED) is 0.491. The van der Waals surface area contributed by atoms with E-state index in [9.17, 15) is 15.1 Å². The molecule has 5 unspecified atom stereocenters. The molecular formula is C21H28ClN5O4. The Balaban J connectivity index is 1.43. The topological polar surface area (TPSA) is 124 Å². The van der Waals surface area contributed by atoms with Gasteiger partial charge in [-0.15, -0.1) is 0 Å². The van der Waals surface area contributed by atoms with Gasteiger partial charge in [0.25, 0.3) is 0 Å². The molecule has 0 amide bonds. The number of hydrogen-bond acceptors (Lipinski definition) is 9. The minimum atomic E-state index is -0.933. The molecule has 0 bridgehead atoms. The molecule has 3 aliphatic heterocycles. The average molecular weight is 450 g/mol. The number of ether oxygens (including phenoxy) is 1. The molecule has 2 saturated heterocycles. The number of guanidine groups is 1. The summed E-state index contributed by atoms with van der Waals surface area (Å²) in [5, 5.41) is 25.7. The molecule has 5 N–H and O–H groups in total. The lowest BCUT2D eigenvalue weighted by Crippen LogP contribution is -2.71. The zero-order valence-electron chi connectivity index (χ0n) is 17.6. The highest BCUT2D eigenvalue weighted by Gasteiger charge is 2.68. The number of aryl methyl sites for hydroxylation is 1. The number of nitrogens with zero attached hydrogens (tertiary/aromatic N) is 3. The molecule has 1 aromatic carbocycles. The summed E-state index contributed by atoms with van der Waals surface area (Å²) in [6, 6.07) is 4.75. The molecule has 31 heavy (non-hydrogen) atoms. The number of aliphatic hydroxyl groups excluding tert-OH is 1. The van der Waals surface area contributed by atoms with Crippen molar-refractivity contribution in [2.45, 2.75) is 56.0 Å². The van der Waals surface area contributed by atoms with Crippen molar-refractivity contribution >= 4 is 23.5 Å². The van der Waals surface area contributed by atoms with E-state index in [1.54, 1.807) is 11.0 Å². The van der Waals surface area contributed by atoms with Crippen molar-refractivity contribution in [3.8, 4) is 0 Å². The van der Waals surface area contributed by atoms with E-state index < -0.39 is 23.2 Å². The predicted molar refractivity (Wildman–Crippen MR) is 113 cm³/mol. The van der Waals surface area contributed by atoms with Crippen molar-refractivity contribution in [3.63, 3.8) is 0 Å². The Labute approximate surface area is 185 Å². The first kappa shape index (κ1) is 21.0. The fourth-order valence-electron chi connectivity index (χ4n) is 5.87. The number of carbonyl (C=O) groups is 1. The summed E-state index contributed by atoms with van der Waals surface area (Å²) in [5.41, 5.74) is 6.57. The van der Waals surface area contributed by atoms with Crippen molar-refractivity contribution in [1.29, 1.82) is 0 Å². The van der Waals surface area contributed by atoms with Crippen LogP contribution in [0.15, 0.2) is 23.2 Å². The number of nitrogens with two attached hydrogens (primary N) is 1. The second-order valence-corrected chi connectivity index (χ2v) is 9.58. The highest BCUT2D eigenvalue weighted by Crippen LogP contribution is 2.52. The van der Waals surface area contributed by atoms with Gasteiger partial charge in [0.05, 0.1) is 37.3 Å². The lowest BCUT2D eigenvalue weighted by Gasteiger charge is -2.49. The molecule has 4 aliphatic rings. The van der Waals surface area contributed by atoms with E-state index in [4.69, 9.17) is 22.1 Å². The smallest absolute Gasteiger partial charge is 0.316 e. The van der Waals surface area contributed by atoms with Crippen LogP contribution in [0.25, 0.3) is 0 Å². The van der Waals surface area contributed by atoms with Gasteiger partial charge in [-0.25, -0.2) is 4.99 Å². The van der Waals surface area contributed by atoms with Crippen LogP contribution in [0.5, 0.6) is 0 Å². The van der Waals surface area contributed by atoms with Gasteiger partial charge in [0, 0.05) is 10.9 Å². The number of rotatable bonds is 4. The molecule has 10 heteroatoms. The molecule has 1 aromatic rings. The molecule has 1 spiro atoms. The van der Waals surface area contributed by atoms with E-state index >= 15 is 0 Å². The van der Waals surface area contributed by atoms with E-state index in [-0.39, 0.29) is 37.2 Å². The summed E-state index contributed by atoms with van der Waals surface area (Å²) in [4.78, 5) is 19.6. The van der Waals surface area contributed by atoms with Crippen molar-refractivity contribution in [3.05, 3.63) is 34.3 Å². The number of esters is 1. The van der Waals surface area contributed by atoms with Gasteiger partial charge < -0.3 is 25.7 Å². The second-order valence-electron chi connectivity index (χ2n) is 9.14. The number of benzene rings is 1. The minimum Gasteiger partial charge on any atom is -0.459 e. The number of hydroxylamine groups is 2. The molecular weight excluding hydrogens is 422 g/mol. The van der Waals surface area contributed by atoms with Gasteiger partial charge in [-0.3, -0.25) is 10.1 Å². The Morgan fingerprint density at radius 3 is 2.84 bits per heavy atom. The summed E-state index contributed by atoms with van der Waals surface area (Å²) in [5.74, 6) is -0.294. The lowest BCUT2D eigenvalue weighted by atomic mass is 9.83. The normalized spacial score (nSPS) is 36.0. The Hall–Kier alpha value is -1.91. The predicted octanol–water partition coefficient (Wildman–Crippen LogP) is 0.550. The van der Waals surface area contributed by atoms with Gasteiger partial charge in [-0.05, 0) is 43.0 Å². The van der Waals surface area contributed by atoms with Crippen LogP contribution in [0.4, 0.5) is 0 Å². The van der Waals surface area contributed by atoms with E-state index in [2.05, 4.69) is 10.3 Å². The summed E-state index contributed by atoms with van der Waals surface area (Å²) >= 11 is 6.10. The maximum absolute atomic E-state index is 13.4. The Kier molecular flexibility index (Phi) is 4.76. The molecule has 0 aromatic heterocycles. The van der Waals surface area contributed by atoms with Gasteiger partial charge in [0.2, 0.25) is 0 Å². The van der Waals surface area contributed by atoms with Crippen LogP contribution in [0.1, 0.15) is 30.9 Å². The van der Waals surface area contributed by atoms with Gasteiger partial charge >= 0.3 is 5.97 Å². The highest BCUT2D eigenvalue weighted by atomic mass is 35.5. The highest BCUT2D eigenvalue weighted by molar-refractivity contribution is 6.30. The van der Waals surface area contributed by atoms with Crippen LogP contribution in [0, 0.1) is 12.8 Å². The largest absolute Gasteiger partial charge is 0.459 e. The molecule has 1 saturated carbocycles. The molecule has 9 nitrogen and oxygen atoms in total. The number of carbonyl (C=O) groups excluding carboxylic acids is 1. The molecule has 168 valence electrons. The van der Waals surface area contributed by atoms with Gasteiger partial charge in [-0.2, -0.15) is 5.06 Å². The van der Waals surface area contributed by atoms with Gasteiger partial charge in [0.15, 0.2) is 5.96 Å². The van der Waals surface area contributed by atoms with E-state index in [1.807, 2.05) is 26.0 Å².